The average molecular weight is 520 g/mol. The molecule has 0 amide bonds. The Hall–Kier alpha value is -2.53. The number of sulfone groups is 1. The predicted molar refractivity (Wildman–Crippen MR) is 131 cm³/mol. The lowest BCUT2D eigenvalue weighted by molar-refractivity contribution is -0.154. The molecule has 2 fully saturated rings. The van der Waals surface area contributed by atoms with Gasteiger partial charge in [-0.15, -0.1) is 0 Å². The minimum atomic E-state index is -4.20. The molecule has 1 aliphatic carbocycles. The molecule has 3 aliphatic rings. The number of ether oxygens (including phenoxy) is 2. The Morgan fingerprint density at radius 2 is 1.72 bits per heavy atom. The third kappa shape index (κ3) is 4.63. The Balaban J connectivity index is 1.68. The normalized spacial score (nSPS) is 29.4. The van der Waals surface area contributed by atoms with Crippen molar-refractivity contribution in [3.05, 3.63) is 53.0 Å². The van der Waals surface area contributed by atoms with Crippen LogP contribution in [0.15, 0.2) is 57.9 Å². The van der Waals surface area contributed by atoms with E-state index in [1.165, 1.54) is 31.2 Å². The number of rotatable bonds is 7. The van der Waals surface area contributed by atoms with Gasteiger partial charge in [0.05, 0.1) is 22.5 Å². The topological polar surface area (TPSA) is 130 Å². The van der Waals surface area contributed by atoms with Crippen LogP contribution in [0, 0.1) is 17.3 Å². The van der Waals surface area contributed by atoms with Gasteiger partial charge in [0.1, 0.15) is 5.41 Å². The van der Waals surface area contributed by atoms with Gasteiger partial charge in [0.2, 0.25) is 9.84 Å². The molecule has 2 heterocycles. The Bertz CT molecular complexity index is 1180. The van der Waals surface area contributed by atoms with E-state index in [0.717, 1.165) is 0 Å². The maximum Gasteiger partial charge on any atom is 0.331 e. The number of benzene rings is 1. The lowest BCUT2D eigenvalue weighted by Gasteiger charge is -2.47. The number of likely N-dealkylation sites (tertiary alicyclic amines) is 1. The van der Waals surface area contributed by atoms with Crippen molar-refractivity contribution in [3.63, 3.8) is 0 Å². The van der Waals surface area contributed by atoms with Gasteiger partial charge >= 0.3 is 11.9 Å². The second kappa shape index (κ2) is 9.74. The van der Waals surface area contributed by atoms with Gasteiger partial charge in [0.25, 0.3) is 0 Å². The third-order valence-electron chi connectivity index (χ3n) is 7.68. The summed E-state index contributed by atoms with van der Waals surface area (Å²) in [6.45, 7) is 7.40. The predicted octanol–water partition coefficient (Wildman–Crippen LogP) is 2.94. The van der Waals surface area contributed by atoms with Gasteiger partial charge in [-0.25, -0.2) is 13.2 Å². The molecule has 196 valence electrons. The number of aliphatic carboxylic acids is 2. The third-order valence-corrected chi connectivity index (χ3v) is 9.62. The number of carboxylic acids is 2. The zero-order valence-corrected chi connectivity index (χ0v) is 21.5. The van der Waals surface area contributed by atoms with E-state index in [-0.39, 0.29) is 21.5 Å². The highest BCUT2D eigenvalue weighted by Crippen LogP contribution is 2.54. The molecule has 4 rings (SSSR count). The quantitative estimate of drug-likeness (QED) is 0.558. The van der Waals surface area contributed by atoms with Crippen molar-refractivity contribution >= 4 is 21.8 Å². The van der Waals surface area contributed by atoms with Crippen molar-refractivity contribution in [2.75, 3.05) is 26.2 Å². The lowest BCUT2D eigenvalue weighted by Crippen LogP contribution is -2.53. The fraction of sp³-hybridized carbons (Fsp3) is 0.538. The second-order valence-electron chi connectivity index (χ2n) is 10.2. The summed E-state index contributed by atoms with van der Waals surface area (Å²) in [6, 6.07) is 7.69. The minimum absolute atomic E-state index is 0.0142. The van der Waals surface area contributed by atoms with Gasteiger partial charge in [0.15, 0.2) is 5.79 Å². The number of nitrogens with zero attached hydrogens (tertiary/aromatic N) is 1. The van der Waals surface area contributed by atoms with Gasteiger partial charge < -0.3 is 24.6 Å². The first-order valence-corrected chi connectivity index (χ1v) is 13.6. The molecule has 0 aromatic heterocycles. The Labute approximate surface area is 211 Å². The molecule has 0 saturated carbocycles. The van der Waals surface area contributed by atoms with Crippen LogP contribution in [0.3, 0.4) is 0 Å². The summed E-state index contributed by atoms with van der Waals surface area (Å²) in [6.07, 6.45) is 3.13. The van der Waals surface area contributed by atoms with Crippen LogP contribution in [-0.4, -0.2) is 73.6 Å². The summed E-state index contributed by atoms with van der Waals surface area (Å²) in [4.78, 5) is 27.0. The molecule has 36 heavy (non-hydrogen) atoms. The van der Waals surface area contributed by atoms with Crippen molar-refractivity contribution in [1.29, 1.82) is 0 Å². The molecule has 2 aliphatic heterocycles. The van der Waals surface area contributed by atoms with Crippen LogP contribution in [0.2, 0.25) is 0 Å². The highest BCUT2D eigenvalue weighted by molar-refractivity contribution is 7.95. The van der Waals surface area contributed by atoms with Crippen LogP contribution in [0.25, 0.3) is 0 Å². The van der Waals surface area contributed by atoms with Crippen molar-refractivity contribution in [3.8, 4) is 0 Å². The standard InChI is InChI=1S/C26H33NO8S/c1-17-21(23(28)29)9-10-22(36(32,33)20-7-5-4-6-8-20)26(17,24(30)31)18-11-13-27(14-12-18)15-19-16-34-25(2,3)35-19/h4-10,17-19H,11-16H2,1-3H3,(H,28,29)(H,30,31). The minimum Gasteiger partial charge on any atom is -0.481 e. The molecule has 1 aromatic rings. The van der Waals surface area contributed by atoms with Crippen molar-refractivity contribution < 1.29 is 37.7 Å². The molecular formula is C26H33NO8S. The van der Waals surface area contributed by atoms with Crippen molar-refractivity contribution in [2.45, 2.75) is 50.4 Å². The largest absolute Gasteiger partial charge is 0.481 e. The van der Waals surface area contributed by atoms with E-state index < -0.39 is 44.8 Å². The summed E-state index contributed by atoms with van der Waals surface area (Å²) in [5.41, 5.74) is -2.01. The first-order chi connectivity index (χ1) is 16.9. The maximum atomic E-state index is 13.8. The molecule has 3 unspecified atom stereocenters. The Kier molecular flexibility index (Phi) is 7.18. The zero-order valence-electron chi connectivity index (χ0n) is 20.7. The number of hydrogen-bond donors (Lipinski definition) is 2. The number of hydrogen-bond acceptors (Lipinski definition) is 7. The number of carbonyl (C=O) groups is 2. The lowest BCUT2D eigenvalue weighted by atomic mass is 9.60. The summed E-state index contributed by atoms with van der Waals surface area (Å²) < 4.78 is 39.1. The zero-order chi connectivity index (χ0) is 26.3. The maximum absolute atomic E-state index is 13.8. The summed E-state index contributed by atoms with van der Waals surface area (Å²) in [7, 11) is -4.20. The molecule has 2 saturated heterocycles. The van der Waals surface area contributed by atoms with E-state index in [1.54, 1.807) is 18.2 Å². The molecule has 0 spiro atoms. The highest BCUT2D eigenvalue weighted by Gasteiger charge is 2.59. The van der Waals surface area contributed by atoms with Crippen LogP contribution in [0.5, 0.6) is 0 Å². The Morgan fingerprint density at radius 3 is 2.25 bits per heavy atom. The summed E-state index contributed by atoms with van der Waals surface area (Å²) >= 11 is 0. The molecular weight excluding hydrogens is 486 g/mol. The molecule has 3 atom stereocenters. The highest BCUT2D eigenvalue weighted by atomic mass is 32.2. The molecule has 9 nitrogen and oxygen atoms in total. The van der Waals surface area contributed by atoms with Crippen LogP contribution >= 0.6 is 0 Å². The van der Waals surface area contributed by atoms with Crippen LogP contribution in [0.1, 0.15) is 33.6 Å². The Morgan fingerprint density at radius 1 is 1.08 bits per heavy atom. The van der Waals surface area contributed by atoms with E-state index in [2.05, 4.69) is 4.90 Å². The summed E-state index contributed by atoms with van der Waals surface area (Å²) in [5, 5.41) is 20.5. The summed E-state index contributed by atoms with van der Waals surface area (Å²) in [5.74, 6) is -4.83. The first-order valence-electron chi connectivity index (χ1n) is 12.1. The second-order valence-corrected chi connectivity index (χ2v) is 12.1. The van der Waals surface area contributed by atoms with Gasteiger partial charge in [0, 0.05) is 18.0 Å². The first kappa shape index (κ1) is 26.5. The van der Waals surface area contributed by atoms with Gasteiger partial charge in [-0.2, -0.15) is 0 Å². The van der Waals surface area contributed by atoms with Crippen molar-refractivity contribution in [2.24, 2.45) is 17.3 Å². The van der Waals surface area contributed by atoms with Crippen LogP contribution < -0.4 is 0 Å². The van der Waals surface area contributed by atoms with E-state index in [0.29, 0.717) is 39.1 Å². The number of carboxylic acid groups (broad SMARTS) is 2. The van der Waals surface area contributed by atoms with Gasteiger partial charge in [-0.05, 0) is 63.9 Å². The fourth-order valence-corrected chi connectivity index (χ4v) is 7.83. The van der Waals surface area contributed by atoms with Crippen LogP contribution in [-0.2, 0) is 28.9 Å². The van der Waals surface area contributed by atoms with E-state index in [9.17, 15) is 28.2 Å². The number of piperidine rings is 1. The number of allylic oxidation sites excluding steroid dienone is 2. The molecule has 10 heteroatoms. The van der Waals surface area contributed by atoms with Crippen LogP contribution in [0.4, 0.5) is 0 Å². The monoisotopic (exact) mass is 519 g/mol. The van der Waals surface area contributed by atoms with E-state index >= 15 is 0 Å². The van der Waals surface area contributed by atoms with Gasteiger partial charge in [-0.3, -0.25) is 4.79 Å². The molecule has 0 radical (unpaired) electrons. The van der Waals surface area contributed by atoms with E-state index in [1.807, 2.05) is 13.8 Å². The fourth-order valence-electron chi connectivity index (χ4n) is 5.93. The van der Waals surface area contributed by atoms with Crippen molar-refractivity contribution in [1.82, 2.24) is 4.90 Å². The molecule has 0 bridgehead atoms. The van der Waals surface area contributed by atoms with E-state index in [4.69, 9.17) is 9.47 Å². The smallest absolute Gasteiger partial charge is 0.331 e. The molecule has 1 aromatic carbocycles. The average Bonchev–Trinajstić information content (AvgIpc) is 3.17. The SMILES string of the molecule is CC1C(C(=O)O)=CC=C(S(=O)(=O)c2ccccc2)C1(C(=O)O)C1CCN(CC2COC(C)(C)O2)CC1. The molecule has 2 N–H and O–H groups in total. The van der Waals surface area contributed by atoms with Gasteiger partial charge in [-0.1, -0.05) is 31.2 Å².